The number of nitrogens with zero attached hydrogens (tertiary/aromatic N) is 3. The zero-order valence-corrected chi connectivity index (χ0v) is 21.7. The Kier molecular flexibility index (Phi) is 8.01. The van der Waals surface area contributed by atoms with E-state index in [2.05, 4.69) is 17.1 Å². The Morgan fingerprint density at radius 1 is 0.857 bits per heavy atom. The minimum absolute atomic E-state index is 0. The molecule has 0 N–H and O–H groups in total. The summed E-state index contributed by atoms with van der Waals surface area (Å²) in [4.78, 5) is 19.4. The highest BCUT2D eigenvalue weighted by Gasteiger charge is 2.34. The van der Waals surface area contributed by atoms with Crippen molar-refractivity contribution >= 4 is 50.7 Å². The van der Waals surface area contributed by atoms with Gasteiger partial charge in [-0.25, -0.2) is 8.42 Å². The van der Waals surface area contributed by atoms with Crippen molar-refractivity contribution in [1.82, 2.24) is 14.2 Å². The summed E-state index contributed by atoms with van der Waals surface area (Å²) in [5, 5.41) is 2.36. The van der Waals surface area contributed by atoms with Gasteiger partial charge in [-0.15, -0.1) is 12.4 Å². The molecule has 1 amide bonds. The first-order valence-corrected chi connectivity index (χ1v) is 13.6. The number of hydrogen-bond acceptors (Lipinski definition) is 4. The number of benzene rings is 2. The molecule has 2 heterocycles. The van der Waals surface area contributed by atoms with Crippen LogP contribution in [0.15, 0.2) is 65.8 Å². The first-order valence-electron chi connectivity index (χ1n) is 11.8. The summed E-state index contributed by atoms with van der Waals surface area (Å²) in [6.45, 7) is 1.51. The van der Waals surface area contributed by atoms with Crippen LogP contribution in [0, 0.1) is 5.92 Å². The number of sulfonamides is 1. The first kappa shape index (κ1) is 25.9. The van der Waals surface area contributed by atoms with Gasteiger partial charge in [0.15, 0.2) is 0 Å². The molecule has 2 aliphatic rings. The monoisotopic (exact) mass is 533 g/mol. The average Bonchev–Trinajstić information content (AvgIpc) is 2.88. The molecule has 0 spiro atoms. The Morgan fingerprint density at radius 2 is 1.49 bits per heavy atom. The highest BCUT2D eigenvalue weighted by atomic mass is 35.5. The number of amides is 1. The van der Waals surface area contributed by atoms with Crippen LogP contribution < -0.4 is 0 Å². The van der Waals surface area contributed by atoms with Crippen LogP contribution in [0.5, 0.6) is 0 Å². The Hall–Kier alpha value is -2.19. The lowest BCUT2D eigenvalue weighted by Gasteiger charge is -2.37. The quantitative estimate of drug-likeness (QED) is 0.466. The SMILES string of the molecule is Cl.O=C(C1CCC(c2ccncc2)CC1)N1CCN(S(=O)(=O)c2ccc3cc(Cl)ccc3c2)CC1. The predicted molar refractivity (Wildman–Crippen MR) is 140 cm³/mol. The molecule has 0 atom stereocenters. The van der Waals surface area contributed by atoms with Crippen molar-refractivity contribution in [1.29, 1.82) is 0 Å². The molecule has 186 valence electrons. The minimum atomic E-state index is -3.62. The second kappa shape index (κ2) is 10.8. The molecule has 3 aromatic rings. The van der Waals surface area contributed by atoms with E-state index >= 15 is 0 Å². The van der Waals surface area contributed by atoms with Gasteiger partial charge in [0.1, 0.15) is 0 Å². The molecule has 0 bridgehead atoms. The number of aromatic nitrogens is 1. The third-order valence-corrected chi connectivity index (χ3v) is 9.35. The van der Waals surface area contributed by atoms with Crippen LogP contribution in [0.4, 0.5) is 0 Å². The Balaban J connectivity index is 0.00000289. The second-order valence-corrected chi connectivity index (χ2v) is 11.6. The summed E-state index contributed by atoms with van der Waals surface area (Å²) in [6, 6.07) is 14.7. The highest BCUT2D eigenvalue weighted by Crippen LogP contribution is 2.36. The van der Waals surface area contributed by atoms with Crippen molar-refractivity contribution < 1.29 is 13.2 Å². The summed E-state index contributed by atoms with van der Waals surface area (Å²) < 4.78 is 28.0. The van der Waals surface area contributed by atoms with Crippen molar-refractivity contribution in [3.05, 3.63) is 71.5 Å². The van der Waals surface area contributed by atoms with Gasteiger partial charge in [0.05, 0.1) is 4.90 Å². The maximum atomic E-state index is 13.2. The molecule has 6 nitrogen and oxygen atoms in total. The van der Waals surface area contributed by atoms with Gasteiger partial charge in [-0.2, -0.15) is 4.31 Å². The first-order chi connectivity index (χ1) is 16.4. The fourth-order valence-corrected chi connectivity index (χ4v) is 6.86. The fourth-order valence-electron chi connectivity index (χ4n) is 5.22. The fraction of sp³-hybridized carbons (Fsp3) is 0.385. The van der Waals surface area contributed by atoms with E-state index in [-0.39, 0.29) is 29.1 Å². The van der Waals surface area contributed by atoms with E-state index in [0.717, 1.165) is 36.5 Å². The summed E-state index contributed by atoms with van der Waals surface area (Å²) in [6.07, 6.45) is 7.42. The van der Waals surface area contributed by atoms with E-state index in [1.165, 1.54) is 9.87 Å². The van der Waals surface area contributed by atoms with E-state index in [1.54, 1.807) is 24.3 Å². The normalized spacial score (nSPS) is 21.5. The Labute approximate surface area is 217 Å². The molecule has 1 aliphatic heterocycles. The number of pyridine rings is 1. The van der Waals surface area contributed by atoms with Crippen LogP contribution in [-0.4, -0.2) is 54.7 Å². The van der Waals surface area contributed by atoms with E-state index < -0.39 is 10.0 Å². The summed E-state index contributed by atoms with van der Waals surface area (Å²) >= 11 is 6.04. The molecular formula is C26H29Cl2N3O3S. The predicted octanol–water partition coefficient (Wildman–Crippen LogP) is 5.12. The molecule has 0 unspecified atom stereocenters. The third kappa shape index (κ3) is 5.48. The Morgan fingerprint density at radius 3 is 2.17 bits per heavy atom. The van der Waals surface area contributed by atoms with Crippen molar-refractivity contribution in [3.8, 4) is 0 Å². The van der Waals surface area contributed by atoms with Crippen LogP contribution in [0.2, 0.25) is 5.02 Å². The molecular weight excluding hydrogens is 505 g/mol. The average molecular weight is 535 g/mol. The number of hydrogen-bond donors (Lipinski definition) is 0. The summed E-state index contributed by atoms with van der Waals surface area (Å²) in [5.74, 6) is 0.702. The maximum Gasteiger partial charge on any atom is 0.243 e. The van der Waals surface area contributed by atoms with Gasteiger partial charge < -0.3 is 4.90 Å². The van der Waals surface area contributed by atoms with Crippen LogP contribution in [0.1, 0.15) is 37.2 Å². The van der Waals surface area contributed by atoms with E-state index in [9.17, 15) is 13.2 Å². The van der Waals surface area contributed by atoms with Gasteiger partial charge in [0.2, 0.25) is 15.9 Å². The van der Waals surface area contributed by atoms with Gasteiger partial charge in [0.25, 0.3) is 0 Å². The molecule has 0 radical (unpaired) electrons. The maximum absolute atomic E-state index is 13.2. The molecule has 5 rings (SSSR count). The van der Waals surface area contributed by atoms with Crippen molar-refractivity contribution in [2.75, 3.05) is 26.2 Å². The van der Waals surface area contributed by atoms with Gasteiger partial charge >= 0.3 is 0 Å². The second-order valence-electron chi connectivity index (χ2n) is 9.21. The van der Waals surface area contributed by atoms with Crippen LogP contribution in [0.25, 0.3) is 10.8 Å². The van der Waals surface area contributed by atoms with Gasteiger partial charge in [-0.05, 0) is 84.3 Å². The van der Waals surface area contributed by atoms with E-state index in [0.29, 0.717) is 37.1 Å². The Bertz CT molecular complexity index is 1290. The minimum Gasteiger partial charge on any atom is -0.340 e. The highest BCUT2D eigenvalue weighted by molar-refractivity contribution is 7.89. The number of carbonyl (C=O) groups excluding carboxylic acids is 1. The topological polar surface area (TPSA) is 70.6 Å². The lowest BCUT2D eigenvalue weighted by molar-refractivity contribution is -0.137. The third-order valence-electron chi connectivity index (χ3n) is 7.22. The molecule has 1 saturated heterocycles. The smallest absolute Gasteiger partial charge is 0.243 e. The number of rotatable bonds is 4. The molecule has 2 aromatic carbocycles. The lowest BCUT2D eigenvalue weighted by atomic mass is 9.78. The van der Waals surface area contributed by atoms with Crippen molar-refractivity contribution in [2.24, 2.45) is 5.92 Å². The number of piperazine rings is 1. The van der Waals surface area contributed by atoms with E-state index in [1.807, 2.05) is 29.4 Å². The van der Waals surface area contributed by atoms with Gasteiger partial charge in [0, 0.05) is 49.5 Å². The number of halogens is 2. The van der Waals surface area contributed by atoms with Crippen LogP contribution >= 0.6 is 24.0 Å². The van der Waals surface area contributed by atoms with Crippen LogP contribution in [-0.2, 0) is 14.8 Å². The molecule has 9 heteroatoms. The zero-order chi connectivity index (χ0) is 23.7. The lowest BCUT2D eigenvalue weighted by Crippen LogP contribution is -2.52. The summed E-state index contributed by atoms with van der Waals surface area (Å²) in [5.41, 5.74) is 1.30. The molecule has 35 heavy (non-hydrogen) atoms. The molecule has 1 saturated carbocycles. The number of fused-ring (bicyclic) bond motifs is 1. The van der Waals surface area contributed by atoms with E-state index in [4.69, 9.17) is 11.6 Å². The van der Waals surface area contributed by atoms with Crippen LogP contribution in [0.3, 0.4) is 0 Å². The van der Waals surface area contributed by atoms with Gasteiger partial charge in [-0.1, -0.05) is 23.7 Å². The molecule has 1 aliphatic carbocycles. The zero-order valence-electron chi connectivity index (χ0n) is 19.3. The standard InChI is InChI=1S/C26H28ClN3O3S.ClH/c27-24-7-5-23-18-25(8-6-22(23)17-24)34(32,33)30-15-13-29(14-16-30)26(31)21-3-1-19(2-4-21)20-9-11-28-12-10-20;/h5-12,17-19,21H,1-4,13-16H2;1H. The van der Waals surface area contributed by atoms with Gasteiger partial charge in [-0.3, -0.25) is 9.78 Å². The van der Waals surface area contributed by atoms with Crippen molar-refractivity contribution in [2.45, 2.75) is 36.5 Å². The molecule has 1 aromatic heterocycles. The summed E-state index contributed by atoms with van der Waals surface area (Å²) in [7, 11) is -3.62. The van der Waals surface area contributed by atoms with Crippen molar-refractivity contribution in [3.63, 3.8) is 0 Å². The number of carbonyl (C=O) groups is 1. The largest absolute Gasteiger partial charge is 0.340 e. The molecule has 2 fully saturated rings.